The van der Waals surface area contributed by atoms with Gasteiger partial charge in [-0.3, -0.25) is 19.2 Å². The Labute approximate surface area is 224 Å². The maximum absolute atomic E-state index is 12.5. The van der Waals surface area contributed by atoms with Crippen LogP contribution in [0, 0.1) is 10.1 Å². The number of nitrogens with two attached hydrogens (primary N) is 1. The van der Waals surface area contributed by atoms with Gasteiger partial charge in [0.2, 0.25) is 0 Å². The second kappa shape index (κ2) is 10.7. The monoisotopic (exact) mass is 567 g/mol. The number of nitrogens with zero attached hydrogens (tertiary/aromatic N) is 2. The summed E-state index contributed by atoms with van der Waals surface area (Å²) in [4.78, 5) is 11.8. The molecule has 0 aliphatic carbocycles. The van der Waals surface area contributed by atoms with Crippen molar-refractivity contribution in [3.63, 3.8) is 0 Å². The van der Waals surface area contributed by atoms with Gasteiger partial charge in [0.05, 0.1) is 16.2 Å². The minimum atomic E-state index is -4.94. The number of anilines is 4. The lowest BCUT2D eigenvalue weighted by atomic mass is 10.1. The first-order valence-electron chi connectivity index (χ1n) is 11.1. The van der Waals surface area contributed by atoms with E-state index >= 15 is 0 Å². The van der Waals surface area contributed by atoms with E-state index in [1.165, 1.54) is 29.2 Å². The van der Waals surface area contributed by atoms with E-state index < -0.39 is 46.3 Å². The predicted octanol–water partition coefficient (Wildman–Crippen LogP) is 5.31. The Hall–Kier alpha value is -4.56. The Kier molecular flexibility index (Phi) is 7.51. The molecule has 0 saturated heterocycles. The highest BCUT2D eigenvalue weighted by Gasteiger charge is 2.33. The zero-order valence-electron chi connectivity index (χ0n) is 19.9. The summed E-state index contributed by atoms with van der Waals surface area (Å²) in [7, 11) is -9.57. The number of hydrogen-bond acceptors (Lipinski definition) is 8. The summed E-state index contributed by atoms with van der Waals surface area (Å²) in [6, 6.07) is 22.6. The van der Waals surface area contributed by atoms with Gasteiger partial charge in [-0.15, -0.1) is 0 Å². The maximum Gasteiger partial charge on any atom is 0.301 e. The summed E-state index contributed by atoms with van der Waals surface area (Å²) in [5.74, 6) is 0. The summed E-state index contributed by atoms with van der Waals surface area (Å²) in [6.45, 7) is 0. The standard InChI is InChI=1S/C26H21N3O8S2/c27-22-15-12-18(17-24(22)39(35,36)37)11-13-19-14-16-23(38(32,33)34)26(25(19)29(30)31)28(20-7-3-1-4-8-20)21-9-5-2-6-10-21/h1-17H,27H2,(H,32,33,34)(H,35,36,37). The molecule has 0 amide bonds. The van der Waals surface area contributed by atoms with Gasteiger partial charge in [0.1, 0.15) is 15.5 Å². The van der Waals surface area contributed by atoms with Crippen molar-refractivity contribution in [1.29, 1.82) is 0 Å². The number of para-hydroxylation sites is 2. The largest absolute Gasteiger partial charge is 0.398 e. The van der Waals surface area contributed by atoms with Crippen molar-refractivity contribution in [1.82, 2.24) is 0 Å². The van der Waals surface area contributed by atoms with Crippen molar-refractivity contribution < 1.29 is 30.9 Å². The first kappa shape index (κ1) is 27.5. The fraction of sp³-hybridized carbons (Fsp3) is 0. The van der Waals surface area contributed by atoms with Crippen LogP contribution in [0.3, 0.4) is 0 Å². The van der Waals surface area contributed by atoms with Gasteiger partial charge in [-0.1, -0.05) is 48.5 Å². The van der Waals surface area contributed by atoms with Crippen LogP contribution in [0.25, 0.3) is 12.2 Å². The Morgan fingerprint density at radius 3 is 1.77 bits per heavy atom. The molecule has 4 N–H and O–H groups in total. The van der Waals surface area contributed by atoms with Gasteiger partial charge in [-0.2, -0.15) is 16.8 Å². The van der Waals surface area contributed by atoms with Crippen LogP contribution in [0.2, 0.25) is 0 Å². The quantitative estimate of drug-likeness (QED) is 0.0829. The summed E-state index contributed by atoms with van der Waals surface area (Å²) >= 11 is 0. The van der Waals surface area contributed by atoms with Crippen LogP contribution in [-0.4, -0.2) is 30.9 Å². The molecule has 0 spiro atoms. The number of nitro benzene ring substituents is 1. The summed E-state index contributed by atoms with van der Waals surface area (Å²) in [5, 5.41) is 12.5. The second-order valence-electron chi connectivity index (χ2n) is 8.19. The average Bonchev–Trinajstić information content (AvgIpc) is 2.88. The second-order valence-corrected chi connectivity index (χ2v) is 11.0. The SMILES string of the molecule is Nc1ccc(C=Cc2ccc(S(=O)(=O)O)c(N(c3ccccc3)c3ccccc3)c2[N+](=O)[O-])cc1S(=O)(=O)O. The van der Waals surface area contributed by atoms with Gasteiger partial charge in [0, 0.05) is 11.4 Å². The Balaban J connectivity index is 2.01. The zero-order valence-corrected chi connectivity index (χ0v) is 21.6. The molecule has 0 aromatic heterocycles. The number of hydrogen-bond donors (Lipinski definition) is 3. The fourth-order valence-electron chi connectivity index (χ4n) is 3.95. The number of nitrogen functional groups attached to an aromatic ring is 1. The molecule has 0 bridgehead atoms. The Morgan fingerprint density at radius 1 is 0.744 bits per heavy atom. The van der Waals surface area contributed by atoms with Crippen molar-refractivity contribution >= 4 is 60.8 Å². The van der Waals surface area contributed by atoms with E-state index in [9.17, 15) is 36.1 Å². The molecule has 4 rings (SSSR count). The lowest BCUT2D eigenvalue weighted by molar-refractivity contribution is -0.384. The van der Waals surface area contributed by atoms with E-state index in [1.807, 2.05) is 0 Å². The van der Waals surface area contributed by atoms with Crippen molar-refractivity contribution in [2.45, 2.75) is 9.79 Å². The molecule has 0 aliphatic heterocycles. The van der Waals surface area contributed by atoms with Gasteiger partial charge in [-0.25, -0.2) is 0 Å². The summed E-state index contributed by atoms with van der Waals surface area (Å²) < 4.78 is 67.6. The Morgan fingerprint density at radius 2 is 1.28 bits per heavy atom. The van der Waals surface area contributed by atoms with Crippen LogP contribution in [0.4, 0.5) is 28.4 Å². The number of benzene rings is 4. The van der Waals surface area contributed by atoms with Crippen molar-refractivity contribution in [2.24, 2.45) is 0 Å². The Bertz CT molecular complexity index is 1750. The molecule has 0 radical (unpaired) electrons. The molecule has 4 aromatic carbocycles. The third kappa shape index (κ3) is 5.97. The molecular weight excluding hydrogens is 546 g/mol. The van der Waals surface area contributed by atoms with Gasteiger partial charge in [0.25, 0.3) is 20.2 Å². The minimum absolute atomic E-state index is 0.0514. The minimum Gasteiger partial charge on any atom is -0.398 e. The molecule has 0 atom stereocenters. The van der Waals surface area contributed by atoms with Crippen LogP contribution in [-0.2, 0) is 20.2 Å². The highest BCUT2D eigenvalue weighted by molar-refractivity contribution is 7.86. The first-order valence-corrected chi connectivity index (χ1v) is 14.0. The zero-order chi connectivity index (χ0) is 28.4. The van der Waals surface area contributed by atoms with Crippen molar-refractivity contribution in [2.75, 3.05) is 10.6 Å². The normalized spacial score (nSPS) is 11.9. The van der Waals surface area contributed by atoms with Crippen LogP contribution in [0.5, 0.6) is 0 Å². The first-order chi connectivity index (χ1) is 18.4. The molecule has 0 unspecified atom stereocenters. The van der Waals surface area contributed by atoms with Crippen molar-refractivity contribution in [3.8, 4) is 0 Å². The molecule has 13 heteroatoms. The highest BCUT2D eigenvalue weighted by Crippen LogP contribution is 2.45. The molecule has 0 aliphatic rings. The molecule has 39 heavy (non-hydrogen) atoms. The topological polar surface area (TPSA) is 181 Å². The van der Waals surface area contributed by atoms with Gasteiger partial charge in [0.15, 0.2) is 0 Å². The summed E-state index contributed by atoms with van der Waals surface area (Å²) in [5.41, 5.74) is 5.34. The van der Waals surface area contributed by atoms with Gasteiger partial charge < -0.3 is 10.6 Å². The highest BCUT2D eigenvalue weighted by atomic mass is 32.2. The van der Waals surface area contributed by atoms with E-state index in [0.717, 1.165) is 18.2 Å². The van der Waals surface area contributed by atoms with Crippen LogP contribution in [0.15, 0.2) is 101 Å². The van der Waals surface area contributed by atoms with Crippen LogP contribution < -0.4 is 10.6 Å². The van der Waals surface area contributed by atoms with Gasteiger partial charge in [-0.05, 0) is 60.2 Å². The van der Waals surface area contributed by atoms with E-state index in [0.29, 0.717) is 11.4 Å². The molecule has 0 saturated carbocycles. The van der Waals surface area contributed by atoms with E-state index in [2.05, 4.69) is 0 Å². The molecule has 4 aromatic rings. The molecular formula is C26H21N3O8S2. The third-order valence-electron chi connectivity index (χ3n) is 5.63. The lowest BCUT2D eigenvalue weighted by Gasteiger charge is -2.27. The van der Waals surface area contributed by atoms with E-state index in [-0.39, 0.29) is 16.8 Å². The maximum atomic E-state index is 12.5. The number of rotatable bonds is 8. The van der Waals surface area contributed by atoms with E-state index in [1.54, 1.807) is 60.7 Å². The van der Waals surface area contributed by atoms with Crippen molar-refractivity contribution in [3.05, 3.63) is 112 Å². The van der Waals surface area contributed by atoms with E-state index in [4.69, 9.17) is 5.73 Å². The summed E-state index contributed by atoms with van der Waals surface area (Å²) in [6.07, 6.45) is 2.62. The molecule has 0 fully saturated rings. The molecule has 0 heterocycles. The number of nitro groups is 1. The predicted molar refractivity (Wildman–Crippen MR) is 147 cm³/mol. The van der Waals surface area contributed by atoms with Crippen LogP contribution >= 0.6 is 0 Å². The third-order valence-corrected chi connectivity index (χ3v) is 7.42. The smallest absolute Gasteiger partial charge is 0.301 e. The lowest BCUT2D eigenvalue weighted by Crippen LogP contribution is -2.16. The van der Waals surface area contributed by atoms with Gasteiger partial charge >= 0.3 is 5.69 Å². The molecule has 11 nitrogen and oxygen atoms in total. The molecule has 200 valence electrons. The average molecular weight is 568 g/mol. The fourth-order valence-corrected chi connectivity index (χ4v) is 5.28. The van der Waals surface area contributed by atoms with Crippen LogP contribution in [0.1, 0.15) is 11.1 Å².